The third-order valence-corrected chi connectivity index (χ3v) is 4.20. The number of amides is 1. The molecule has 0 aliphatic carbocycles. The highest BCUT2D eigenvalue weighted by Crippen LogP contribution is 2.15. The Kier molecular flexibility index (Phi) is 4.93. The van der Waals surface area contributed by atoms with Gasteiger partial charge >= 0.3 is 5.97 Å². The van der Waals surface area contributed by atoms with Gasteiger partial charge in [0.25, 0.3) is 0 Å². The van der Waals surface area contributed by atoms with Gasteiger partial charge in [-0.1, -0.05) is 6.07 Å². The first-order valence-electron chi connectivity index (χ1n) is 6.39. The monoisotopic (exact) mass is 282 g/mol. The first-order chi connectivity index (χ1) is 9.15. The summed E-state index contributed by atoms with van der Waals surface area (Å²) in [4.78, 5) is 25.7. The van der Waals surface area contributed by atoms with E-state index in [1.807, 2.05) is 16.3 Å². The molecule has 104 valence electrons. The van der Waals surface area contributed by atoms with Gasteiger partial charge in [0.15, 0.2) is 0 Å². The fourth-order valence-corrected chi connectivity index (χ4v) is 2.93. The lowest BCUT2D eigenvalue weighted by Crippen LogP contribution is -2.37. The van der Waals surface area contributed by atoms with Gasteiger partial charge in [-0.15, -0.1) is 11.3 Å². The standard InChI is InChI=1S/C13H18N2O3S/c16-12(14-5-3-11-2-1-7-19-11)9-15-6-4-10(8-15)13(17)18/h1-2,7,10H,3-6,8-9H2,(H,14,16)(H,17,18). The Bertz CT molecular complexity index is 433. The van der Waals surface area contributed by atoms with E-state index in [1.165, 1.54) is 4.88 Å². The van der Waals surface area contributed by atoms with Crippen LogP contribution in [0.2, 0.25) is 0 Å². The van der Waals surface area contributed by atoms with Gasteiger partial charge < -0.3 is 10.4 Å². The molecule has 1 aliphatic heterocycles. The molecule has 0 bridgehead atoms. The van der Waals surface area contributed by atoms with Crippen LogP contribution >= 0.6 is 11.3 Å². The van der Waals surface area contributed by atoms with Crippen molar-refractivity contribution in [1.29, 1.82) is 0 Å². The number of carbonyl (C=O) groups excluding carboxylic acids is 1. The van der Waals surface area contributed by atoms with Gasteiger partial charge in [0.1, 0.15) is 0 Å². The number of carbonyl (C=O) groups is 2. The summed E-state index contributed by atoms with van der Waals surface area (Å²) in [6, 6.07) is 4.05. The van der Waals surface area contributed by atoms with Gasteiger partial charge in [0.05, 0.1) is 12.5 Å². The number of nitrogens with zero attached hydrogens (tertiary/aromatic N) is 1. The summed E-state index contributed by atoms with van der Waals surface area (Å²) in [5.74, 6) is -1.11. The molecule has 5 nitrogen and oxygen atoms in total. The van der Waals surface area contributed by atoms with Crippen LogP contribution in [0.1, 0.15) is 11.3 Å². The van der Waals surface area contributed by atoms with Crippen molar-refractivity contribution in [2.45, 2.75) is 12.8 Å². The average molecular weight is 282 g/mol. The van der Waals surface area contributed by atoms with E-state index in [2.05, 4.69) is 11.4 Å². The maximum absolute atomic E-state index is 11.7. The molecular formula is C13H18N2O3S. The number of thiophene rings is 1. The number of hydrogen-bond acceptors (Lipinski definition) is 4. The smallest absolute Gasteiger partial charge is 0.307 e. The lowest BCUT2D eigenvalue weighted by molar-refractivity contribution is -0.141. The lowest BCUT2D eigenvalue weighted by Gasteiger charge is -2.14. The van der Waals surface area contributed by atoms with Crippen LogP contribution in [0.15, 0.2) is 17.5 Å². The van der Waals surface area contributed by atoms with Crippen LogP contribution in [0.5, 0.6) is 0 Å². The number of hydrogen-bond donors (Lipinski definition) is 2. The lowest BCUT2D eigenvalue weighted by atomic mass is 10.1. The average Bonchev–Trinajstić information content (AvgIpc) is 3.00. The Labute approximate surface area is 116 Å². The minimum atomic E-state index is -0.763. The third kappa shape index (κ3) is 4.33. The first kappa shape index (κ1) is 14.0. The summed E-state index contributed by atoms with van der Waals surface area (Å²) in [6.07, 6.45) is 1.49. The number of rotatable bonds is 6. The van der Waals surface area contributed by atoms with Crippen molar-refractivity contribution in [3.05, 3.63) is 22.4 Å². The molecule has 2 heterocycles. The zero-order valence-corrected chi connectivity index (χ0v) is 11.5. The zero-order valence-electron chi connectivity index (χ0n) is 10.7. The highest BCUT2D eigenvalue weighted by molar-refractivity contribution is 7.09. The summed E-state index contributed by atoms with van der Waals surface area (Å²) < 4.78 is 0. The molecule has 2 rings (SSSR count). The third-order valence-electron chi connectivity index (χ3n) is 3.26. The molecular weight excluding hydrogens is 264 g/mol. The van der Waals surface area contributed by atoms with Crippen molar-refractivity contribution < 1.29 is 14.7 Å². The molecule has 0 aromatic carbocycles. The molecule has 19 heavy (non-hydrogen) atoms. The molecule has 1 unspecified atom stereocenters. The molecule has 0 radical (unpaired) electrons. The van der Waals surface area contributed by atoms with Crippen LogP contribution in [-0.4, -0.2) is 48.1 Å². The van der Waals surface area contributed by atoms with Gasteiger partial charge in [-0.2, -0.15) is 0 Å². The Balaban J connectivity index is 1.63. The second-order valence-corrected chi connectivity index (χ2v) is 5.77. The Morgan fingerprint density at radius 3 is 3.00 bits per heavy atom. The summed E-state index contributed by atoms with van der Waals surface area (Å²) in [5.41, 5.74) is 0. The van der Waals surface area contributed by atoms with Crippen molar-refractivity contribution >= 4 is 23.2 Å². The number of likely N-dealkylation sites (tertiary alicyclic amines) is 1. The van der Waals surface area contributed by atoms with Crippen LogP contribution < -0.4 is 5.32 Å². The summed E-state index contributed by atoms with van der Waals surface area (Å²) >= 11 is 1.68. The second-order valence-electron chi connectivity index (χ2n) is 4.74. The molecule has 1 aromatic rings. The molecule has 6 heteroatoms. The minimum Gasteiger partial charge on any atom is -0.481 e. The first-order valence-corrected chi connectivity index (χ1v) is 7.27. The Hall–Kier alpha value is -1.40. The van der Waals surface area contributed by atoms with Crippen molar-refractivity contribution in [1.82, 2.24) is 10.2 Å². The van der Waals surface area contributed by atoms with Crippen LogP contribution in [0, 0.1) is 5.92 Å². The van der Waals surface area contributed by atoms with Gasteiger partial charge in [-0.3, -0.25) is 14.5 Å². The van der Waals surface area contributed by atoms with Crippen molar-refractivity contribution in [2.75, 3.05) is 26.2 Å². The van der Waals surface area contributed by atoms with E-state index in [4.69, 9.17) is 5.11 Å². The quantitative estimate of drug-likeness (QED) is 0.810. The van der Waals surface area contributed by atoms with E-state index in [1.54, 1.807) is 11.3 Å². The summed E-state index contributed by atoms with van der Waals surface area (Å²) in [6.45, 7) is 2.10. The summed E-state index contributed by atoms with van der Waals surface area (Å²) in [7, 11) is 0. The van der Waals surface area contributed by atoms with Crippen LogP contribution in [-0.2, 0) is 16.0 Å². The molecule has 1 amide bonds. The molecule has 1 fully saturated rings. The minimum absolute atomic E-state index is 0.0254. The van der Waals surface area contributed by atoms with Crippen LogP contribution in [0.25, 0.3) is 0 Å². The number of carboxylic acid groups (broad SMARTS) is 1. The van der Waals surface area contributed by atoms with E-state index in [-0.39, 0.29) is 11.8 Å². The molecule has 0 saturated carbocycles. The van der Waals surface area contributed by atoms with Crippen molar-refractivity contribution in [3.63, 3.8) is 0 Å². The van der Waals surface area contributed by atoms with Crippen molar-refractivity contribution in [3.8, 4) is 0 Å². The predicted molar refractivity (Wildman–Crippen MR) is 73.2 cm³/mol. The van der Waals surface area contributed by atoms with Gasteiger partial charge in [-0.05, 0) is 30.8 Å². The maximum atomic E-state index is 11.7. The topological polar surface area (TPSA) is 69.6 Å². The Morgan fingerprint density at radius 2 is 2.37 bits per heavy atom. The van der Waals surface area contributed by atoms with E-state index in [9.17, 15) is 9.59 Å². The predicted octanol–water partition coefficient (Wildman–Crippen LogP) is 0.813. The van der Waals surface area contributed by atoms with Gasteiger partial charge in [-0.25, -0.2) is 0 Å². The van der Waals surface area contributed by atoms with Crippen LogP contribution in [0.3, 0.4) is 0 Å². The van der Waals surface area contributed by atoms with E-state index in [0.29, 0.717) is 32.6 Å². The van der Waals surface area contributed by atoms with Gasteiger partial charge in [0.2, 0.25) is 5.91 Å². The Morgan fingerprint density at radius 1 is 1.53 bits per heavy atom. The van der Waals surface area contributed by atoms with Crippen molar-refractivity contribution in [2.24, 2.45) is 5.92 Å². The number of carboxylic acids is 1. The van der Waals surface area contributed by atoms with Gasteiger partial charge in [0, 0.05) is 18.0 Å². The molecule has 1 aromatic heterocycles. The fraction of sp³-hybridized carbons (Fsp3) is 0.538. The van der Waals surface area contributed by atoms with E-state index < -0.39 is 5.97 Å². The highest BCUT2D eigenvalue weighted by Gasteiger charge is 2.28. The van der Waals surface area contributed by atoms with Crippen LogP contribution in [0.4, 0.5) is 0 Å². The fourth-order valence-electron chi connectivity index (χ4n) is 2.22. The molecule has 1 atom stereocenters. The van der Waals surface area contributed by atoms with E-state index >= 15 is 0 Å². The zero-order chi connectivity index (χ0) is 13.7. The largest absolute Gasteiger partial charge is 0.481 e. The molecule has 1 aliphatic rings. The maximum Gasteiger partial charge on any atom is 0.307 e. The normalized spacial score (nSPS) is 19.5. The molecule has 0 spiro atoms. The summed E-state index contributed by atoms with van der Waals surface area (Å²) in [5, 5.41) is 13.8. The molecule has 1 saturated heterocycles. The highest BCUT2D eigenvalue weighted by atomic mass is 32.1. The second kappa shape index (κ2) is 6.68. The SMILES string of the molecule is O=C(CN1CCC(C(=O)O)C1)NCCc1cccs1. The van der Waals surface area contributed by atoms with E-state index in [0.717, 1.165) is 6.42 Å². The number of aliphatic carboxylic acids is 1. The number of nitrogens with one attached hydrogen (secondary N) is 1. The molecule has 2 N–H and O–H groups in total.